The minimum Gasteiger partial charge on any atom is -0.476 e. The lowest BCUT2D eigenvalue weighted by Gasteiger charge is -2.07. The first kappa shape index (κ1) is 15.9. The van der Waals surface area contributed by atoms with Crippen LogP contribution in [0.2, 0.25) is 0 Å². The largest absolute Gasteiger partial charge is 0.476 e. The SMILES string of the molecule is O=C(O)c1csc(/C=C/C=C(c2ccccc2)c2ccccc2)n1. The molecule has 0 bridgehead atoms. The number of rotatable bonds is 5. The van der Waals surface area contributed by atoms with E-state index in [0.717, 1.165) is 16.7 Å². The summed E-state index contributed by atoms with van der Waals surface area (Å²) in [6.07, 6.45) is 5.75. The van der Waals surface area contributed by atoms with Crippen LogP contribution in [0.3, 0.4) is 0 Å². The Hall–Kier alpha value is -2.98. The highest BCUT2D eigenvalue weighted by atomic mass is 32.1. The van der Waals surface area contributed by atoms with E-state index in [0.29, 0.717) is 5.01 Å². The van der Waals surface area contributed by atoms with E-state index >= 15 is 0 Å². The molecule has 0 spiro atoms. The molecule has 0 unspecified atom stereocenters. The van der Waals surface area contributed by atoms with Gasteiger partial charge < -0.3 is 5.11 Å². The van der Waals surface area contributed by atoms with Crippen molar-refractivity contribution in [3.63, 3.8) is 0 Å². The molecule has 3 nitrogen and oxygen atoms in total. The smallest absolute Gasteiger partial charge is 0.355 e. The Morgan fingerprint density at radius 3 is 2.04 bits per heavy atom. The number of thiazole rings is 1. The molecule has 0 aliphatic carbocycles. The van der Waals surface area contributed by atoms with Gasteiger partial charge in [0.25, 0.3) is 0 Å². The highest BCUT2D eigenvalue weighted by Gasteiger charge is 2.06. The molecule has 0 saturated heterocycles. The summed E-state index contributed by atoms with van der Waals surface area (Å²) in [7, 11) is 0. The maximum Gasteiger partial charge on any atom is 0.355 e. The molecule has 1 N–H and O–H groups in total. The van der Waals surface area contributed by atoms with Gasteiger partial charge in [-0.1, -0.05) is 72.8 Å². The van der Waals surface area contributed by atoms with Crippen molar-refractivity contribution >= 4 is 29.0 Å². The fraction of sp³-hybridized carbons (Fsp3) is 0. The molecule has 0 amide bonds. The number of allylic oxidation sites excluding steroid dienone is 2. The summed E-state index contributed by atoms with van der Waals surface area (Å²) in [5.74, 6) is -1.00. The van der Waals surface area contributed by atoms with Crippen molar-refractivity contribution in [1.82, 2.24) is 4.98 Å². The lowest BCUT2D eigenvalue weighted by atomic mass is 9.97. The van der Waals surface area contributed by atoms with Gasteiger partial charge in [0.05, 0.1) is 0 Å². The number of hydrogen-bond donors (Lipinski definition) is 1. The van der Waals surface area contributed by atoms with Crippen LogP contribution in [0.15, 0.2) is 78.2 Å². The number of carboxylic acids is 1. The lowest BCUT2D eigenvalue weighted by molar-refractivity contribution is 0.0691. The first-order chi connectivity index (χ1) is 11.7. The third-order valence-electron chi connectivity index (χ3n) is 3.41. The van der Waals surface area contributed by atoms with Crippen LogP contribution in [0.1, 0.15) is 26.6 Å². The number of carbonyl (C=O) groups is 1. The average molecular weight is 333 g/mol. The van der Waals surface area contributed by atoms with Crippen LogP contribution in [0.5, 0.6) is 0 Å². The molecular formula is C20H15NO2S. The summed E-state index contributed by atoms with van der Waals surface area (Å²) < 4.78 is 0. The number of carboxylic acid groups (broad SMARTS) is 1. The third kappa shape index (κ3) is 3.86. The maximum absolute atomic E-state index is 10.9. The van der Waals surface area contributed by atoms with Crippen LogP contribution in [0.25, 0.3) is 11.6 Å². The molecular weight excluding hydrogens is 318 g/mol. The number of hydrogen-bond acceptors (Lipinski definition) is 3. The van der Waals surface area contributed by atoms with Gasteiger partial charge in [0, 0.05) is 5.38 Å². The number of aromatic carboxylic acids is 1. The lowest BCUT2D eigenvalue weighted by Crippen LogP contribution is -1.95. The van der Waals surface area contributed by atoms with Crippen molar-refractivity contribution in [2.75, 3.05) is 0 Å². The zero-order chi connectivity index (χ0) is 16.8. The Morgan fingerprint density at radius 1 is 0.958 bits per heavy atom. The van der Waals surface area contributed by atoms with Gasteiger partial charge in [-0.25, -0.2) is 9.78 Å². The van der Waals surface area contributed by atoms with E-state index in [1.807, 2.05) is 54.6 Å². The molecule has 118 valence electrons. The van der Waals surface area contributed by atoms with Crippen LogP contribution >= 0.6 is 11.3 Å². The maximum atomic E-state index is 10.9. The quantitative estimate of drug-likeness (QED) is 0.669. The van der Waals surface area contributed by atoms with E-state index in [1.54, 1.807) is 5.38 Å². The van der Waals surface area contributed by atoms with Gasteiger partial charge in [-0.2, -0.15) is 0 Å². The molecule has 0 atom stereocenters. The van der Waals surface area contributed by atoms with E-state index in [2.05, 4.69) is 29.2 Å². The second-order valence-electron chi connectivity index (χ2n) is 5.05. The zero-order valence-corrected chi connectivity index (χ0v) is 13.6. The van der Waals surface area contributed by atoms with Crippen LogP contribution in [0.4, 0.5) is 0 Å². The Bertz CT molecular complexity index is 839. The van der Waals surface area contributed by atoms with E-state index in [4.69, 9.17) is 5.11 Å². The standard InChI is InChI=1S/C20H15NO2S/c22-20(23)18-14-24-19(21-18)13-7-12-17(15-8-3-1-4-9-15)16-10-5-2-6-11-16/h1-14H,(H,22,23)/b13-7+. The van der Waals surface area contributed by atoms with Crippen LogP contribution in [0, 0.1) is 0 Å². The Morgan fingerprint density at radius 2 is 1.54 bits per heavy atom. The number of benzene rings is 2. The molecule has 0 saturated carbocycles. The molecule has 3 aromatic rings. The molecule has 0 fully saturated rings. The molecule has 0 radical (unpaired) electrons. The summed E-state index contributed by atoms with van der Waals surface area (Å²) in [5.41, 5.74) is 3.43. The highest BCUT2D eigenvalue weighted by Crippen LogP contribution is 2.23. The summed E-state index contributed by atoms with van der Waals surface area (Å²) in [5, 5.41) is 11.1. The van der Waals surface area contributed by atoms with Crippen molar-refractivity contribution < 1.29 is 9.90 Å². The van der Waals surface area contributed by atoms with Gasteiger partial charge in [-0.15, -0.1) is 11.3 Å². The summed E-state index contributed by atoms with van der Waals surface area (Å²) in [6, 6.07) is 20.3. The highest BCUT2D eigenvalue weighted by molar-refractivity contribution is 7.10. The Balaban J connectivity index is 1.92. The minimum atomic E-state index is -1.00. The number of nitrogens with zero attached hydrogens (tertiary/aromatic N) is 1. The number of aromatic nitrogens is 1. The fourth-order valence-corrected chi connectivity index (χ4v) is 2.98. The fourth-order valence-electron chi connectivity index (χ4n) is 2.28. The zero-order valence-electron chi connectivity index (χ0n) is 12.8. The Labute approximate surface area is 144 Å². The van der Waals surface area contributed by atoms with Gasteiger partial charge >= 0.3 is 5.97 Å². The van der Waals surface area contributed by atoms with Gasteiger partial charge in [0.2, 0.25) is 0 Å². The summed E-state index contributed by atoms with van der Waals surface area (Å²) in [6.45, 7) is 0. The third-order valence-corrected chi connectivity index (χ3v) is 4.22. The van der Waals surface area contributed by atoms with Crippen molar-refractivity contribution in [2.24, 2.45) is 0 Å². The van der Waals surface area contributed by atoms with Crippen molar-refractivity contribution in [3.05, 3.63) is 100 Å². The molecule has 2 aromatic carbocycles. The van der Waals surface area contributed by atoms with Gasteiger partial charge in [-0.05, 0) is 22.8 Å². The predicted molar refractivity (Wildman–Crippen MR) is 98.1 cm³/mol. The van der Waals surface area contributed by atoms with Gasteiger partial charge in [-0.3, -0.25) is 0 Å². The van der Waals surface area contributed by atoms with Crippen molar-refractivity contribution in [2.45, 2.75) is 0 Å². The van der Waals surface area contributed by atoms with Crippen molar-refractivity contribution in [1.29, 1.82) is 0 Å². The molecule has 1 aromatic heterocycles. The van der Waals surface area contributed by atoms with Gasteiger partial charge in [0.1, 0.15) is 5.01 Å². The normalized spacial score (nSPS) is 10.7. The summed E-state index contributed by atoms with van der Waals surface area (Å²) >= 11 is 1.31. The van der Waals surface area contributed by atoms with E-state index in [9.17, 15) is 4.79 Å². The first-order valence-corrected chi connectivity index (χ1v) is 8.30. The minimum absolute atomic E-state index is 0.0787. The summed E-state index contributed by atoms with van der Waals surface area (Å²) in [4.78, 5) is 14.9. The average Bonchev–Trinajstić information content (AvgIpc) is 3.09. The first-order valence-electron chi connectivity index (χ1n) is 7.42. The molecule has 0 aliphatic rings. The van der Waals surface area contributed by atoms with E-state index < -0.39 is 5.97 Å². The van der Waals surface area contributed by atoms with E-state index in [1.165, 1.54) is 11.3 Å². The second kappa shape index (κ2) is 7.53. The molecule has 0 aliphatic heterocycles. The predicted octanol–water partition coefficient (Wildman–Crippen LogP) is 4.99. The van der Waals surface area contributed by atoms with Crippen LogP contribution in [-0.4, -0.2) is 16.1 Å². The van der Waals surface area contributed by atoms with E-state index in [-0.39, 0.29) is 5.69 Å². The second-order valence-corrected chi connectivity index (χ2v) is 5.94. The topological polar surface area (TPSA) is 50.2 Å². The molecule has 24 heavy (non-hydrogen) atoms. The van der Waals surface area contributed by atoms with Crippen molar-refractivity contribution in [3.8, 4) is 0 Å². The monoisotopic (exact) mass is 333 g/mol. The Kier molecular flexibility index (Phi) is 4.99. The molecule has 3 rings (SSSR count). The van der Waals surface area contributed by atoms with Gasteiger partial charge in [0.15, 0.2) is 5.69 Å². The van der Waals surface area contributed by atoms with Crippen LogP contribution < -0.4 is 0 Å². The van der Waals surface area contributed by atoms with Crippen LogP contribution in [-0.2, 0) is 0 Å². The molecule has 1 heterocycles. The molecule has 4 heteroatoms.